The fourth-order valence-corrected chi connectivity index (χ4v) is 4.89. The zero-order valence-corrected chi connectivity index (χ0v) is 12.9. The molecule has 0 bridgehead atoms. The standard InChI is InChI=1S/C15H15ClN2O2S/c16-13-6-1-2-8-15(13)21(19,20)18-10-4-7-14(18)12-5-3-9-17-11-12/h1-3,5-6,8-9,11,14H,4,7,10H2. The number of hydrogen-bond donors (Lipinski definition) is 0. The topological polar surface area (TPSA) is 50.3 Å². The third kappa shape index (κ3) is 2.69. The summed E-state index contributed by atoms with van der Waals surface area (Å²) in [6.45, 7) is 0.507. The summed E-state index contributed by atoms with van der Waals surface area (Å²) in [6.07, 6.45) is 5.05. The Morgan fingerprint density at radius 1 is 1.19 bits per heavy atom. The van der Waals surface area contributed by atoms with Gasteiger partial charge < -0.3 is 0 Å². The Kier molecular flexibility index (Phi) is 3.97. The monoisotopic (exact) mass is 322 g/mol. The highest BCUT2D eigenvalue weighted by Crippen LogP contribution is 2.37. The van der Waals surface area contributed by atoms with E-state index in [0.717, 1.165) is 18.4 Å². The summed E-state index contributed by atoms with van der Waals surface area (Å²) in [5.74, 6) is 0. The summed E-state index contributed by atoms with van der Waals surface area (Å²) in [7, 11) is -3.59. The molecule has 2 aromatic rings. The zero-order valence-electron chi connectivity index (χ0n) is 11.3. The molecule has 0 saturated carbocycles. The molecule has 2 heterocycles. The molecule has 0 aliphatic carbocycles. The van der Waals surface area contributed by atoms with Gasteiger partial charge in [-0.05, 0) is 36.6 Å². The molecule has 0 amide bonds. The molecule has 110 valence electrons. The maximum absolute atomic E-state index is 12.9. The van der Waals surface area contributed by atoms with Crippen LogP contribution in [-0.4, -0.2) is 24.3 Å². The first-order valence-corrected chi connectivity index (χ1v) is 8.59. The maximum atomic E-state index is 12.9. The Morgan fingerprint density at radius 2 is 2.00 bits per heavy atom. The molecule has 0 N–H and O–H groups in total. The summed E-state index contributed by atoms with van der Waals surface area (Å²) in [6, 6.07) is 10.1. The molecule has 1 aliphatic heterocycles. The largest absolute Gasteiger partial charge is 0.264 e. The van der Waals surface area contributed by atoms with Crippen molar-refractivity contribution in [3.63, 3.8) is 0 Å². The molecule has 1 aromatic carbocycles. The smallest absolute Gasteiger partial charge is 0.245 e. The number of halogens is 1. The number of rotatable bonds is 3. The van der Waals surface area contributed by atoms with Gasteiger partial charge in [-0.25, -0.2) is 8.42 Å². The number of pyridine rings is 1. The number of nitrogens with zero attached hydrogens (tertiary/aromatic N) is 2. The van der Waals surface area contributed by atoms with Crippen molar-refractivity contribution in [3.8, 4) is 0 Å². The molecule has 4 nitrogen and oxygen atoms in total. The van der Waals surface area contributed by atoms with Gasteiger partial charge in [0.15, 0.2) is 0 Å². The van der Waals surface area contributed by atoms with Crippen LogP contribution in [0.1, 0.15) is 24.4 Å². The van der Waals surface area contributed by atoms with E-state index >= 15 is 0 Å². The molecule has 0 spiro atoms. The molecule has 1 unspecified atom stereocenters. The second-order valence-electron chi connectivity index (χ2n) is 4.99. The van der Waals surface area contributed by atoms with Crippen molar-refractivity contribution in [1.82, 2.24) is 9.29 Å². The molecule has 1 saturated heterocycles. The van der Waals surface area contributed by atoms with Crippen molar-refractivity contribution < 1.29 is 8.42 Å². The minimum absolute atomic E-state index is 0.167. The first-order valence-electron chi connectivity index (χ1n) is 6.77. The Balaban J connectivity index is 2.01. The number of benzene rings is 1. The van der Waals surface area contributed by atoms with Gasteiger partial charge >= 0.3 is 0 Å². The highest BCUT2D eigenvalue weighted by atomic mass is 35.5. The van der Waals surface area contributed by atoms with Crippen molar-refractivity contribution in [3.05, 3.63) is 59.4 Å². The minimum atomic E-state index is -3.59. The molecule has 1 aromatic heterocycles. The molecule has 1 fully saturated rings. The van der Waals surface area contributed by atoms with Gasteiger partial charge in [0.1, 0.15) is 4.90 Å². The Morgan fingerprint density at radius 3 is 2.71 bits per heavy atom. The number of sulfonamides is 1. The maximum Gasteiger partial charge on any atom is 0.245 e. The lowest BCUT2D eigenvalue weighted by Crippen LogP contribution is -2.30. The molecular weight excluding hydrogens is 308 g/mol. The lowest BCUT2D eigenvalue weighted by molar-refractivity contribution is 0.396. The fraction of sp³-hybridized carbons (Fsp3) is 0.267. The predicted molar refractivity (Wildman–Crippen MR) is 81.6 cm³/mol. The molecule has 21 heavy (non-hydrogen) atoms. The van der Waals surface area contributed by atoms with E-state index in [4.69, 9.17) is 11.6 Å². The molecule has 3 rings (SSSR count). The van der Waals surface area contributed by atoms with Crippen LogP contribution in [0, 0.1) is 0 Å². The van der Waals surface area contributed by atoms with Crippen molar-refractivity contribution in [1.29, 1.82) is 0 Å². The van der Waals surface area contributed by atoms with Crippen LogP contribution in [0.4, 0.5) is 0 Å². The first kappa shape index (κ1) is 14.5. The molecular formula is C15H15ClN2O2S. The summed E-state index contributed by atoms with van der Waals surface area (Å²) >= 11 is 6.06. The van der Waals surface area contributed by atoms with Crippen molar-refractivity contribution in [2.24, 2.45) is 0 Å². The Labute approximate surface area is 129 Å². The van der Waals surface area contributed by atoms with Gasteiger partial charge in [-0.15, -0.1) is 0 Å². The van der Waals surface area contributed by atoms with Crippen LogP contribution in [0.5, 0.6) is 0 Å². The highest BCUT2D eigenvalue weighted by Gasteiger charge is 2.37. The minimum Gasteiger partial charge on any atom is -0.264 e. The van der Waals surface area contributed by atoms with Gasteiger partial charge in [0.05, 0.1) is 11.1 Å². The zero-order chi connectivity index (χ0) is 14.9. The fourth-order valence-electron chi connectivity index (χ4n) is 2.71. The SMILES string of the molecule is O=S(=O)(c1ccccc1Cl)N1CCCC1c1cccnc1. The van der Waals surface area contributed by atoms with Gasteiger partial charge in [-0.3, -0.25) is 4.98 Å². The molecule has 1 aliphatic rings. The van der Waals surface area contributed by atoms with Crippen LogP contribution >= 0.6 is 11.6 Å². The van der Waals surface area contributed by atoms with E-state index in [1.54, 1.807) is 36.7 Å². The van der Waals surface area contributed by atoms with Crippen LogP contribution in [0.25, 0.3) is 0 Å². The van der Waals surface area contributed by atoms with Gasteiger partial charge in [0.2, 0.25) is 10.0 Å². The van der Waals surface area contributed by atoms with E-state index in [-0.39, 0.29) is 16.0 Å². The normalized spacial score (nSPS) is 19.8. The Hall–Kier alpha value is -1.43. The quantitative estimate of drug-likeness (QED) is 0.871. The highest BCUT2D eigenvalue weighted by molar-refractivity contribution is 7.89. The summed E-state index contributed by atoms with van der Waals surface area (Å²) in [5.41, 5.74) is 0.922. The van der Waals surface area contributed by atoms with Crippen molar-refractivity contribution in [2.75, 3.05) is 6.54 Å². The lowest BCUT2D eigenvalue weighted by Gasteiger charge is -2.24. The number of hydrogen-bond acceptors (Lipinski definition) is 3. The second-order valence-corrected chi connectivity index (χ2v) is 7.26. The van der Waals surface area contributed by atoms with Gasteiger partial charge in [0.25, 0.3) is 0 Å². The summed E-state index contributed by atoms with van der Waals surface area (Å²) in [5, 5.41) is 0.259. The van der Waals surface area contributed by atoms with Crippen LogP contribution in [0.3, 0.4) is 0 Å². The first-order chi connectivity index (χ1) is 10.1. The van der Waals surface area contributed by atoms with E-state index in [1.807, 2.05) is 12.1 Å². The van der Waals surface area contributed by atoms with Crippen molar-refractivity contribution >= 4 is 21.6 Å². The number of aromatic nitrogens is 1. The lowest BCUT2D eigenvalue weighted by atomic mass is 10.1. The van der Waals surface area contributed by atoms with E-state index in [0.29, 0.717) is 6.54 Å². The third-order valence-electron chi connectivity index (χ3n) is 3.70. The predicted octanol–water partition coefficient (Wildman–Crippen LogP) is 3.26. The van der Waals surface area contributed by atoms with E-state index in [1.165, 1.54) is 4.31 Å². The van der Waals surface area contributed by atoms with Gasteiger partial charge in [0, 0.05) is 18.9 Å². The van der Waals surface area contributed by atoms with Gasteiger partial charge in [-0.1, -0.05) is 29.8 Å². The van der Waals surface area contributed by atoms with Crippen molar-refractivity contribution in [2.45, 2.75) is 23.8 Å². The average molecular weight is 323 g/mol. The third-order valence-corrected chi connectivity index (χ3v) is 6.10. The van der Waals surface area contributed by atoms with E-state index in [2.05, 4.69) is 4.98 Å². The molecule has 6 heteroatoms. The van der Waals surface area contributed by atoms with Crippen LogP contribution in [0.15, 0.2) is 53.7 Å². The molecule has 1 atom stereocenters. The second kappa shape index (κ2) is 5.75. The summed E-state index contributed by atoms with van der Waals surface area (Å²) in [4.78, 5) is 4.26. The average Bonchev–Trinajstić information content (AvgIpc) is 2.99. The van der Waals surface area contributed by atoms with E-state index < -0.39 is 10.0 Å². The Bertz CT molecular complexity index is 734. The molecule has 0 radical (unpaired) electrons. The van der Waals surface area contributed by atoms with Crippen LogP contribution in [0.2, 0.25) is 5.02 Å². The van der Waals surface area contributed by atoms with Crippen LogP contribution in [-0.2, 0) is 10.0 Å². The van der Waals surface area contributed by atoms with Crippen LogP contribution < -0.4 is 0 Å². The summed E-state index contributed by atoms with van der Waals surface area (Å²) < 4.78 is 27.3. The van der Waals surface area contributed by atoms with Gasteiger partial charge in [-0.2, -0.15) is 4.31 Å². The van der Waals surface area contributed by atoms with E-state index in [9.17, 15) is 8.42 Å².